The van der Waals surface area contributed by atoms with Crippen LogP contribution in [-0.4, -0.2) is 15.0 Å². The molecule has 0 radical (unpaired) electrons. The van der Waals surface area contributed by atoms with Gasteiger partial charge in [-0.15, -0.1) is 0 Å². The molecule has 0 aliphatic carbocycles. The van der Waals surface area contributed by atoms with E-state index in [4.69, 9.17) is 0 Å². The minimum absolute atomic E-state index is 0.386. The number of aromatic amines is 1. The number of fused-ring (bicyclic) bond motifs is 1. The number of rotatable bonds is 1. The Labute approximate surface area is 90.1 Å². The molecule has 3 nitrogen and oxygen atoms in total. The van der Waals surface area contributed by atoms with E-state index >= 15 is 0 Å². The topological polar surface area (TPSA) is 41.6 Å². The second-order valence-electron chi connectivity index (χ2n) is 3.30. The van der Waals surface area contributed by atoms with Crippen molar-refractivity contribution in [2.45, 2.75) is 19.8 Å². The molecule has 0 spiro atoms. The van der Waals surface area contributed by atoms with Crippen LogP contribution in [0.1, 0.15) is 25.6 Å². The highest BCUT2D eigenvalue weighted by Gasteiger charge is 2.05. The molecule has 0 aromatic carbocycles. The molecule has 0 bridgehead atoms. The zero-order valence-electron chi connectivity index (χ0n) is 7.50. The highest BCUT2D eigenvalue weighted by molar-refractivity contribution is 14.1. The van der Waals surface area contributed by atoms with Gasteiger partial charge < -0.3 is 4.98 Å². The number of nitrogens with one attached hydrogen (secondary N) is 1. The summed E-state index contributed by atoms with van der Waals surface area (Å²) in [5, 5.41) is 0. The molecule has 68 valence electrons. The van der Waals surface area contributed by atoms with Gasteiger partial charge in [-0.05, 0) is 28.7 Å². The zero-order chi connectivity index (χ0) is 9.42. The third-order valence-corrected chi connectivity index (χ3v) is 2.45. The van der Waals surface area contributed by atoms with E-state index in [-0.39, 0.29) is 0 Å². The van der Waals surface area contributed by atoms with Crippen LogP contribution in [0.25, 0.3) is 11.0 Å². The van der Waals surface area contributed by atoms with Crippen LogP contribution in [0.5, 0.6) is 0 Å². The van der Waals surface area contributed by atoms with E-state index in [9.17, 15) is 0 Å². The van der Waals surface area contributed by atoms with Gasteiger partial charge in [0.05, 0.1) is 20.9 Å². The molecule has 0 fully saturated rings. The Balaban J connectivity index is 2.61. The summed E-state index contributed by atoms with van der Waals surface area (Å²) in [6, 6.07) is 2.03. The SMILES string of the molecule is CC(C)c1ncc2[nH]c(I)cc2n1. The van der Waals surface area contributed by atoms with E-state index in [0.717, 1.165) is 20.6 Å². The Kier molecular flexibility index (Phi) is 2.23. The number of hydrogen-bond donors (Lipinski definition) is 1. The molecule has 13 heavy (non-hydrogen) atoms. The maximum absolute atomic E-state index is 4.45. The summed E-state index contributed by atoms with van der Waals surface area (Å²) in [4.78, 5) is 11.9. The monoisotopic (exact) mass is 287 g/mol. The molecule has 1 N–H and O–H groups in total. The number of hydrogen-bond acceptors (Lipinski definition) is 2. The molecule has 4 heteroatoms. The van der Waals surface area contributed by atoms with Crippen molar-refractivity contribution in [3.05, 3.63) is 21.8 Å². The van der Waals surface area contributed by atoms with Crippen LogP contribution < -0.4 is 0 Å². The lowest BCUT2D eigenvalue weighted by Gasteiger charge is -2.01. The Morgan fingerprint density at radius 2 is 2.23 bits per heavy atom. The van der Waals surface area contributed by atoms with Crippen molar-refractivity contribution in [3.63, 3.8) is 0 Å². The zero-order valence-corrected chi connectivity index (χ0v) is 9.66. The van der Waals surface area contributed by atoms with Crippen molar-refractivity contribution in [3.8, 4) is 0 Å². The van der Waals surface area contributed by atoms with Crippen molar-refractivity contribution in [1.82, 2.24) is 15.0 Å². The van der Waals surface area contributed by atoms with Crippen LogP contribution in [0.15, 0.2) is 12.3 Å². The summed E-state index contributed by atoms with van der Waals surface area (Å²) >= 11 is 2.24. The van der Waals surface area contributed by atoms with Crippen molar-refractivity contribution in [2.24, 2.45) is 0 Å². The molecular weight excluding hydrogens is 277 g/mol. The third kappa shape index (κ3) is 1.67. The third-order valence-electron chi connectivity index (χ3n) is 1.87. The predicted octanol–water partition coefficient (Wildman–Crippen LogP) is 2.69. The first-order valence-corrected chi connectivity index (χ1v) is 5.26. The Hall–Kier alpha value is -0.650. The quantitative estimate of drug-likeness (QED) is 0.819. The highest BCUT2D eigenvalue weighted by atomic mass is 127. The fourth-order valence-electron chi connectivity index (χ4n) is 1.18. The second kappa shape index (κ2) is 3.25. The van der Waals surface area contributed by atoms with Crippen LogP contribution in [0.3, 0.4) is 0 Å². The summed E-state index contributed by atoms with van der Waals surface area (Å²) in [5.74, 6) is 1.29. The highest BCUT2D eigenvalue weighted by Crippen LogP contribution is 2.16. The molecule has 2 rings (SSSR count). The van der Waals surface area contributed by atoms with Gasteiger partial charge in [0.15, 0.2) is 0 Å². The summed E-state index contributed by atoms with van der Waals surface area (Å²) in [5.41, 5.74) is 2.01. The number of halogens is 1. The van der Waals surface area contributed by atoms with Gasteiger partial charge in [0.1, 0.15) is 5.82 Å². The molecule has 0 unspecified atom stereocenters. The summed E-state index contributed by atoms with van der Waals surface area (Å²) in [6.07, 6.45) is 1.85. The smallest absolute Gasteiger partial charge is 0.131 e. The second-order valence-corrected chi connectivity index (χ2v) is 4.46. The van der Waals surface area contributed by atoms with E-state index < -0.39 is 0 Å². The first-order valence-electron chi connectivity index (χ1n) is 4.18. The first kappa shape index (κ1) is 8.93. The summed E-state index contributed by atoms with van der Waals surface area (Å²) in [6.45, 7) is 4.19. The number of aromatic nitrogens is 3. The van der Waals surface area contributed by atoms with Crippen LogP contribution in [0.4, 0.5) is 0 Å². The van der Waals surface area contributed by atoms with E-state index in [1.165, 1.54) is 0 Å². The van der Waals surface area contributed by atoms with Gasteiger partial charge in [-0.25, -0.2) is 9.97 Å². The van der Waals surface area contributed by atoms with E-state index in [1.807, 2.05) is 12.3 Å². The van der Waals surface area contributed by atoms with Crippen LogP contribution in [-0.2, 0) is 0 Å². The Morgan fingerprint density at radius 1 is 1.46 bits per heavy atom. The van der Waals surface area contributed by atoms with Gasteiger partial charge in [0, 0.05) is 5.92 Å². The lowest BCUT2D eigenvalue weighted by atomic mass is 10.2. The van der Waals surface area contributed by atoms with E-state index in [0.29, 0.717) is 5.92 Å². The van der Waals surface area contributed by atoms with Gasteiger partial charge in [-0.2, -0.15) is 0 Å². The molecule has 2 aromatic heterocycles. The Bertz CT molecular complexity index is 433. The van der Waals surface area contributed by atoms with E-state index in [1.54, 1.807) is 0 Å². The normalized spacial score (nSPS) is 11.4. The molecule has 2 heterocycles. The van der Waals surface area contributed by atoms with Gasteiger partial charge in [-0.3, -0.25) is 0 Å². The maximum Gasteiger partial charge on any atom is 0.131 e. The Morgan fingerprint density at radius 3 is 2.92 bits per heavy atom. The average Bonchev–Trinajstić information content (AvgIpc) is 2.42. The molecular formula is C9H10IN3. The predicted molar refractivity (Wildman–Crippen MR) is 60.7 cm³/mol. The van der Waals surface area contributed by atoms with Crippen LogP contribution in [0, 0.1) is 3.70 Å². The molecule has 0 amide bonds. The minimum Gasteiger partial charge on any atom is -0.347 e. The molecule has 2 aromatic rings. The van der Waals surface area contributed by atoms with Crippen molar-refractivity contribution >= 4 is 33.6 Å². The van der Waals surface area contributed by atoms with Gasteiger partial charge in [-0.1, -0.05) is 13.8 Å². The fraction of sp³-hybridized carbons (Fsp3) is 0.333. The lowest BCUT2D eigenvalue weighted by molar-refractivity contribution is 0.783. The first-order chi connectivity index (χ1) is 6.16. The largest absolute Gasteiger partial charge is 0.347 e. The van der Waals surface area contributed by atoms with Crippen LogP contribution >= 0.6 is 22.6 Å². The summed E-state index contributed by atoms with van der Waals surface area (Å²) < 4.78 is 1.10. The molecule has 0 aliphatic rings. The van der Waals surface area contributed by atoms with Crippen molar-refractivity contribution in [2.75, 3.05) is 0 Å². The standard InChI is InChI=1S/C9H10IN3/c1-5(2)9-11-4-7-6(13-9)3-8(10)12-7/h3-5,12H,1-2H3. The molecule has 0 atom stereocenters. The van der Waals surface area contributed by atoms with Crippen molar-refractivity contribution < 1.29 is 0 Å². The molecule has 0 aliphatic heterocycles. The van der Waals surface area contributed by atoms with Gasteiger partial charge >= 0.3 is 0 Å². The average molecular weight is 287 g/mol. The minimum atomic E-state index is 0.386. The van der Waals surface area contributed by atoms with Crippen molar-refractivity contribution in [1.29, 1.82) is 0 Å². The summed E-state index contributed by atoms with van der Waals surface area (Å²) in [7, 11) is 0. The molecule has 0 saturated carbocycles. The maximum atomic E-state index is 4.45. The number of nitrogens with zero attached hydrogens (tertiary/aromatic N) is 2. The van der Waals surface area contributed by atoms with Gasteiger partial charge in [0.25, 0.3) is 0 Å². The fourth-order valence-corrected chi connectivity index (χ4v) is 1.76. The molecule has 0 saturated heterocycles. The number of H-pyrrole nitrogens is 1. The van der Waals surface area contributed by atoms with Gasteiger partial charge in [0.2, 0.25) is 0 Å². The lowest BCUT2D eigenvalue weighted by Crippen LogP contribution is -1.95. The van der Waals surface area contributed by atoms with Crippen LogP contribution in [0.2, 0.25) is 0 Å². The van der Waals surface area contributed by atoms with E-state index in [2.05, 4.69) is 51.4 Å².